The maximum atomic E-state index is 11.6. The quantitative estimate of drug-likeness (QED) is 0.585. The van der Waals surface area contributed by atoms with Crippen LogP contribution in [0.3, 0.4) is 0 Å². The lowest BCUT2D eigenvalue weighted by atomic mass is 10.1. The first-order valence-corrected chi connectivity index (χ1v) is 4.90. The molecule has 0 bridgehead atoms. The number of nitrogens with one attached hydrogen (secondary N) is 1. The topological polar surface area (TPSA) is 107 Å². The molecule has 0 aliphatic rings. The third-order valence-electron chi connectivity index (χ3n) is 2.24. The molecule has 92 valence electrons. The van der Waals surface area contributed by atoms with Gasteiger partial charge >= 0.3 is 5.97 Å². The van der Waals surface area contributed by atoms with E-state index < -0.39 is 24.5 Å². The summed E-state index contributed by atoms with van der Waals surface area (Å²) in [4.78, 5) is 22.2. The summed E-state index contributed by atoms with van der Waals surface area (Å²) in [6.45, 7) is 0.935. The summed E-state index contributed by atoms with van der Waals surface area (Å²) in [7, 11) is 0. The average Bonchev–Trinajstić information content (AvgIpc) is 2.28. The molecule has 1 atom stereocenters. The summed E-state index contributed by atoms with van der Waals surface area (Å²) in [5.41, 5.74) is 0.730. The number of rotatable bonds is 4. The molecule has 1 aromatic rings. The van der Waals surface area contributed by atoms with Gasteiger partial charge in [0.1, 0.15) is 5.75 Å². The molecule has 0 aliphatic heterocycles. The van der Waals surface area contributed by atoms with Gasteiger partial charge in [0, 0.05) is 5.56 Å². The molecule has 6 heteroatoms. The summed E-state index contributed by atoms with van der Waals surface area (Å²) < 4.78 is 0. The second-order valence-electron chi connectivity index (χ2n) is 3.55. The van der Waals surface area contributed by atoms with Gasteiger partial charge in [0.25, 0.3) is 5.91 Å². The van der Waals surface area contributed by atoms with Crippen molar-refractivity contribution in [2.24, 2.45) is 0 Å². The highest BCUT2D eigenvalue weighted by Gasteiger charge is 2.19. The van der Waals surface area contributed by atoms with Crippen molar-refractivity contribution in [2.45, 2.75) is 13.0 Å². The van der Waals surface area contributed by atoms with Crippen LogP contribution in [0, 0.1) is 6.92 Å². The first-order chi connectivity index (χ1) is 7.95. The third kappa shape index (κ3) is 3.18. The van der Waals surface area contributed by atoms with E-state index in [1.165, 1.54) is 18.2 Å². The van der Waals surface area contributed by atoms with Gasteiger partial charge in [-0.05, 0) is 30.7 Å². The highest BCUT2D eigenvalue weighted by molar-refractivity contribution is 5.96. The lowest BCUT2D eigenvalue weighted by molar-refractivity contribution is -0.140. The van der Waals surface area contributed by atoms with Gasteiger partial charge in [-0.3, -0.25) is 4.79 Å². The van der Waals surface area contributed by atoms with E-state index in [4.69, 9.17) is 10.2 Å². The Kier molecular flexibility index (Phi) is 4.06. The number of aryl methyl sites for hydroxylation is 1. The number of hydrogen-bond acceptors (Lipinski definition) is 4. The number of aliphatic carboxylic acids is 1. The van der Waals surface area contributed by atoms with Crippen molar-refractivity contribution < 1.29 is 24.9 Å². The summed E-state index contributed by atoms with van der Waals surface area (Å²) in [6, 6.07) is 2.81. The molecule has 1 amide bonds. The number of phenolic OH excluding ortho intramolecular Hbond substituents is 1. The highest BCUT2D eigenvalue weighted by Crippen LogP contribution is 2.16. The highest BCUT2D eigenvalue weighted by atomic mass is 16.4. The standard InChI is InChI=1S/C11H13NO5/c1-6-4-7(2-3-9(6)14)10(15)12-8(5-13)11(16)17/h2-4,8,13-14H,5H2,1H3,(H,12,15)(H,16,17)/t8-/m1/s1. The number of carboxylic acids is 1. The minimum Gasteiger partial charge on any atom is -0.508 e. The maximum Gasteiger partial charge on any atom is 0.328 e. The molecule has 0 radical (unpaired) electrons. The van der Waals surface area contributed by atoms with E-state index in [0.717, 1.165) is 0 Å². The van der Waals surface area contributed by atoms with Gasteiger partial charge in [0.2, 0.25) is 0 Å². The Morgan fingerprint density at radius 3 is 2.53 bits per heavy atom. The largest absolute Gasteiger partial charge is 0.508 e. The lowest BCUT2D eigenvalue weighted by Crippen LogP contribution is -2.43. The van der Waals surface area contributed by atoms with Crippen LogP contribution < -0.4 is 5.32 Å². The number of benzene rings is 1. The second-order valence-corrected chi connectivity index (χ2v) is 3.55. The van der Waals surface area contributed by atoms with Gasteiger partial charge in [-0.2, -0.15) is 0 Å². The molecular formula is C11H13NO5. The van der Waals surface area contributed by atoms with E-state index in [0.29, 0.717) is 5.56 Å². The molecule has 6 nitrogen and oxygen atoms in total. The number of hydrogen-bond donors (Lipinski definition) is 4. The van der Waals surface area contributed by atoms with E-state index in [2.05, 4.69) is 5.32 Å². The number of amides is 1. The van der Waals surface area contributed by atoms with Gasteiger partial charge in [-0.1, -0.05) is 0 Å². The molecule has 1 aromatic carbocycles. The molecule has 17 heavy (non-hydrogen) atoms. The number of aromatic hydroxyl groups is 1. The maximum absolute atomic E-state index is 11.6. The third-order valence-corrected chi connectivity index (χ3v) is 2.24. The van der Waals surface area contributed by atoms with Gasteiger partial charge in [0.15, 0.2) is 6.04 Å². The van der Waals surface area contributed by atoms with Crippen molar-refractivity contribution in [1.82, 2.24) is 5.32 Å². The van der Waals surface area contributed by atoms with Crippen molar-refractivity contribution >= 4 is 11.9 Å². The summed E-state index contributed by atoms with van der Waals surface area (Å²) in [5, 5.41) is 28.8. The molecular weight excluding hydrogens is 226 g/mol. The van der Waals surface area contributed by atoms with Gasteiger partial charge in [-0.15, -0.1) is 0 Å². The number of aliphatic hydroxyl groups excluding tert-OH is 1. The molecule has 0 aromatic heterocycles. The monoisotopic (exact) mass is 239 g/mol. The lowest BCUT2D eigenvalue weighted by Gasteiger charge is -2.12. The van der Waals surface area contributed by atoms with E-state index >= 15 is 0 Å². The van der Waals surface area contributed by atoms with Crippen LogP contribution in [0.1, 0.15) is 15.9 Å². The van der Waals surface area contributed by atoms with Crippen LogP contribution in [0.25, 0.3) is 0 Å². The van der Waals surface area contributed by atoms with Crippen LogP contribution in [0.15, 0.2) is 18.2 Å². The summed E-state index contributed by atoms with van der Waals surface area (Å²) >= 11 is 0. The minimum absolute atomic E-state index is 0.0542. The van der Waals surface area contributed by atoms with E-state index in [1.54, 1.807) is 6.92 Å². The number of carbonyl (C=O) groups is 2. The van der Waals surface area contributed by atoms with Crippen LogP contribution in [0.5, 0.6) is 5.75 Å². The van der Waals surface area contributed by atoms with Crippen LogP contribution in [0.4, 0.5) is 0 Å². The molecule has 0 heterocycles. The second kappa shape index (κ2) is 5.31. The Bertz CT molecular complexity index is 443. The van der Waals surface area contributed by atoms with Gasteiger partial charge in [-0.25, -0.2) is 4.79 Å². The number of carbonyl (C=O) groups excluding carboxylic acids is 1. The van der Waals surface area contributed by atoms with E-state index in [1.807, 2.05) is 0 Å². The van der Waals surface area contributed by atoms with E-state index in [9.17, 15) is 14.7 Å². The van der Waals surface area contributed by atoms with Gasteiger partial charge < -0.3 is 20.6 Å². The Balaban J connectivity index is 2.82. The Morgan fingerprint density at radius 1 is 1.41 bits per heavy atom. The molecule has 1 rings (SSSR count). The molecule has 0 saturated heterocycles. The first-order valence-electron chi connectivity index (χ1n) is 4.90. The van der Waals surface area contributed by atoms with Crippen molar-refractivity contribution in [2.75, 3.05) is 6.61 Å². The van der Waals surface area contributed by atoms with Crippen LogP contribution in [-0.2, 0) is 4.79 Å². The van der Waals surface area contributed by atoms with Crippen LogP contribution in [0.2, 0.25) is 0 Å². The number of aliphatic hydroxyl groups is 1. The van der Waals surface area contributed by atoms with Crippen molar-refractivity contribution in [3.63, 3.8) is 0 Å². The van der Waals surface area contributed by atoms with Crippen molar-refractivity contribution in [3.05, 3.63) is 29.3 Å². The molecule has 0 spiro atoms. The number of phenols is 1. The first kappa shape index (κ1) is 13.0. The zero-order valence-corrected chi connectivity index (χ0v) is 9.17. The summed E-state index contributed by atoms with van der Waals surface area (Å²) in [5.74, 6) is -1.87. The fourth-order valence-electron chi connectivity index (χ4n) is 1.22. The fourth-order valence-corrected chi connectivity index (χ4v) is 1.22. The predicted octanol–water partition coefficient (Wildman–Crippen LogP) is -0.124. The SMILES string of the molecule is Cc1cc(C(=O)N[C@H](CO)C(=O)O)ccc1O. The minimum atomic E-state index is -1.34. The Hall–Kier alpha value is -2.08. The van der Waals surface area contributed by atoms with Crippen LogP contribution >= 0.6 is 0 Å². The average molecular weight is 239 g/mol. The van der Waals surface area contributed by atoms with Crippen molar-refractivity contribution in [1.29, 1.82) is 0 Å². The van der Waals surface area contributed by atoms with E-state index in [-0.39, 0.29) is 11.3 Å². The van der Waals surface area contributed by atoms with Gasteiger partial charge in [0.05, 0.1) is 6.61 Å². The van der Waals surface area contributed by atoms with Crippen molar-refractivity contribution in [3.8, 4) is 5.75 Å². The molecule has 0 saturated carbocycles. The molecule has 4 N–H and O–H groups in total. The Morgan fingerprint density at radius 2 is 2.06 bits per heavy atom. The summed E-state index contributed by atoms with van der Waals surface area (Å²) in [6.07, 6.45) is 0. The molecule has 0 aliphatic carbocycles. The number of carboxylic acid groups (broad SMARTS) is 1. The Labute approximate surface area is 97.5 Å². The zero-order valence-electron chi connectivity index (χ0n) is 9.17. The normalized spacial score (nSPS) is 11.9. The smallest absolute Gasteiger partial charge is 0.328 e. The predicted molar refractivity (Wildman–Crippen MR) is 58.8 cm³/mol. The molecule has 0 unspecified atom stereocenters. The fraction of sp³-hybridized carbons (Fsp3) is 0.273. The molecule has 0 fully saturated rings. The van der Waals surface area contributed by atoms with Crippen LogP contribution in [-0.4, -0.2) is 39.8 Å². The zero-order chi connectivity index (χ0) is 13.0.